The normalized spacial score (nSPS) is 11.9. The van der Waals surface area contributed by atoms with Gasteiger partial charge in [-0.1, -0.05) is 72.4 Å². The number of amides is 1. The second kappa shape index (κ2) is 8.48. The molecule has 0 aliphatic rings. The van der Waals surface area contributed by atoms with E-state index in [0.717, 1.165) is 17.1 Å². The van der Waals surface area contributed by atoms with Crippen molar-refractivity contribution in [2.24, 2.45) is 7.05 Å². The zero-order valence-corrected chi connectivity index (χ0v) is 14.8. The smallest absolute Gasteiger partial charge is 0.230 e. The molecule has 0 bridgehead atoms. The van der Waals surface area contributed by atoms with Crippen molar-refractivity contribution in [3.05, 3.63) is 78.1 Å². The van der Waals surface area contributed by atoms with E-state index in [2.05, 4.69) is 27.6 Å². The predicted molar refractivity (Wildman–Crippen MR) is 99.2 cm³/mol. The molecule has 0 unspecified atom stereocenters. The van der Waals surface area contributed by atoms with E-state index in [9.17, 15) is 4.79 Å². The van der Waals surface area contributed by atoms with Gasteiger partial charge < -0.3 is 9.88 Å². The Bertz CT molecular complexity index is 805. The van der Waals surface area contributed by atoms with Crippen LogP contribution in [0.1, 0.15) is 17.2 Å². The van der Waals surface area contributed by atoms with Crippen LogP contribution in [0.4, 0.5) is 0 Å². The lowest BCUT2D eigenvalue weighted by molar-refractivity contribution is -0.119. The summed E-state index contributed by atoms with van der Waals surface area (Å²) in [5.74, 6) is 0.294. The number of aryl methyl sites for hydroxylation is 1. The van der Waals surface area contributed by atoms with Crippen molar-refractivity contribution < 1.29 is 4.79 Å². The van der Waals surface area contributed by atoms with Crippen LogP contribution in [0, 0.1) is 0 Å². The number of carbonyl (C=O) groups excluding carboxylic acids is 1. The number of thioether (sulfide) groups is 1. The molecule has 0 saturated carbocycles. The van der Waals surface area contributed by atoms with Gasteiger partial charge in [-0.2, -0.15) is 0 Å². The summed E-state index contributed by atoms with van der Waals surface area (Å²) in [5.41, 5.74) is 2.29. The number of benzene rings is 2. The van der Waals surface area contributed by atoms with Gasteiger partial charge in [0.15, 0.2) is 5.16 Å². The molecule has 3 rings (SSSR count). The molecule has 25 heavy (non-hydrogen) atoms. The highest BCUT2D eigenvalue weighted by atomic mass is 32.2. The van der Waals surface area contributed by atoms with E-state index in [1.807, 2.05) is 55.6 Å². The van der Waals surface area contributed by atoms with Gasteiger partial charge in [0.2, 0.25) is 5.91 Å². The van der Waals surface area contributed by atoms with Gasteiger partial charge in [0, 0.05) is 7.05 Å². The minimum Gasteiger partial charge on any atom is -0.348 e. The molecule has 6 heteroatoms. The number of nitrogens with one attached hydrogen (secondary N) is 1. The molecule has 0 fully saturated rings. The van der Waals surface area contributed by atoms with Gasteiger partial charge >= 0.3 is 0 Å². The average Bonchev–Trinajstić information content (AvgIpc) is 3.06. The fourth-order valence-electron chi connectivity index (χ4n) is 2.56. The molecule has 0 aliphatic heterocycles. The van der Waals surface area contributed by atoms with Crippen LogP contribution in [0.2, 0.25) is 0 Å². The molecule has 128 valence electrons. The molecule has 0 spiro atoms. The van der Waals surface area contributed by atoms with Crippen molar-refractivity contribution >= 4 is 17.7 Å². The summed E-state index contributed by atoms with van der Waals surface area (Å²) in [6.45, 7) is 0. The van der Waals surface area contributed by atoms with Gasteiger partial charge in [0.25, 0.3) is 0 Å². The first-order valence-corrected chi connectivity index (χ1v) is 9.06. The Labute approximate surface area is 151 Å². The van der Waals surface area contributed by atoms with Crippen molar-refractivity contribution in [1.29, 1.82) is 0 Å². The minimum atomic E-state index is -0.0591. The lowest BCUT2D eigenvalue weighted by Gasteiger charge is -2.19. The maximum atomic E-state index is 12.4. The Kier molecular flexibility index (Phi) is 5.85. The van der Waals surface area contributed by atoms with Crippen LogP contribution in [0.25, 0.3) is 0 Å². The molecule has 0 radical (unpaired) electrons. The van der Waals surface area contributed by atoms with Crippen LogP contribution in [-0.2, 0) is 18.3 Å². The SMILES string of the molecule is Cn1cnnc1SCC(=O)N[C@H](Cc1ccccc1)c1ccccc1. The highest BCUT2D eigenvalue weighted by molar-refractivity contribution is 7.99. The van der Waals surface area contributed by atoms with Crippen LogP contribution < -0.4 is 5.32 Å². The van der Waals surface area contributed by atoms with E-state index in [4.69, 9.17) is 0 Å². The van der Waals surface area contributed by atoms with Gasteiger partial charge in [-0.05, 0) is 17.5 Å². The van der Waals surface area contributed by atoms with Crippen molar-refractivity contribution in [2.45, 2.75) is 17.6 Å². The van der Waals surface area contributed by atoms with Crippen molar-refractivity contribution in [1.82, 2.24) is 20.1 Å². The topological polar surface area (TPSA) is 59.8 Å². The lowest BCUT2D eigenvalue weighted by Crippen LogP contribution is -2.31. The van der Waals surface area contributed by atoms with Crippen LogP contribution >= 0.6 is 11.8 Å². The highest BCUT2D eigenvalue weighted by Gasteiger charge is 2.16. The molecule has 5 nitrogen and oxygen atoms in total. The Morgan fingerprint density at radius 2 is 1.80 bits per heavy atom. The van der Waals surface area contributed by atoms with Crippen molar-refractivity contribution in [3.63, 3.8) is 0 Å². The molecule has 1 aromatic heterocycles. The van der Waals surface area contributed by atoms with Gasteiger partial charge in [0.05, 0.1) is 11.8 Å². The Hall–Kier alpha value is -2.60. The van der Waals surface area contributed by atoms with E-state index < -0.39 is 0 Å². The number of hydrogen-bond donors (Lipinski definition) is 1. The summed E-state index contributed by atoms with van der Waals surface area (Å²) < 4.78 is 1.80. The monoisotopic (exact) mass is 352 g/mol. The van der Waals surface area contributed by atoms with Gasteiger partial charge in [-0.25, -0.2) is 0 Å². The number of rotatable bonds is 7. The predicted octanol–water partition coefficient (Wildman–Crippen LogP) is 3.01. The van der Waals surface area contributed by atoms with Crippen molar-refractivity contribution in [2.75, 3.05) is 5.75 Å². The van der Waals surface area contributed by atoms with Crippen molar-refractivity contribution in [3.8, 4) is 0 Å². The fourth-order valence-corrected chi connectivity index (χ4v) is 3.26. The number of nitrogens with zero attached hydrogens (tertiary/aromatic N) is 3. The van der Waals surface area contributed by atoms with E-state index in [-0.39, 0.29) is 11.9 Å². The first-order valence-electron chi connectivity index (χ1n) is 8.07. The minimum absolute atomic E-state index is 0.0159. The Morgan fingerprint density at radius 1 is 1.12 bits per heavy atom. The van der Waals surface area contributed by atoms with E-state index in [0.29, 0.717) is 5.75 Å². The van der Waals surface area contributed by atoms with Gasteiger partial charge in [-0.15, -0.1) is 10.2 Å². The standard InChI is InChI=1S/C19H20N4OS/c1-23-14-20-22-19(23)25-13-18(24)21-17(16-10-6-3-7-11-16)12-15-8-4-2-5-9-15/h2-11,14,17H,12-13H2,1H3,(H,21,24)/t17-/m1/s1. The Balaban J connectivity index is 1.66. The van der Waals surface area contributed by atoms with Gasteiger partial charge in [-0.3, -0.25) is 4.79 Å². The zero-order valence-electron chi connectivity index (χ0n) is 14.0. The van der Waals surface area contributed by atoms with Crippen LogP contribution in [0.5, 0.6) is 0 Å². The summed E-state index contributed by atoms with van der Waals surface area (Å²) in [4.78, 5) is 12.4. The molecule has 1 heterocycles. The quantitative estimate of drug-likeness (QED) is 0.664. The summed E-state index contributed by atoms with van der Waals surface area (Å²) in [6.07, 6.45) is 2.38. The van der Waals surface area contributed by atoms with Crippen LogP contribution in [-0.4, -0.2) is 26.4 Å². The summed E-state index contributed by atoms with van der Waals surface area (Å²) in [6, 6.07) is 20.2. The van der Waals surface area contributed by atoms with E-state index in [1.165, 1.54) is 17.3 Å². The summed E-state index contributed by atoms with van der Waals surface area (Å²) in [5, 5.41) is 11.7. The molecule has 3 aromatic rings. The first kappa shape index (κ1) is 17.2. The largest absolute Gasteiger partial charge is 0.348 e. The summed E-state index contributed by atoms with van der Waals surface area (Å²) >= 11 is 1.38. The molecule has 0 aliphatic carbocycles. The second-order valence-corrected chi connectivity index (χ2v) is 6.68. The lowest BCUT2D eigenvalue weighted by atomic mass is 9.99. The molecule has 1 amide bonds. The van der Waals surface area contributed by atoms with Crippen LogP contribution in [0.3, 0.4) is 0 Å². The van der Waals surface area contributed by atoms with Gasteiger partial charge in [0.1, 0.15) is 6.33 Å². The van der Waals surface area contributed by atoms with E-state index in [1.54, 1.807) is 10.9 Å². The molecule has 2 aromatic carbocycles. The molecular weight excluding hydrogens is 332 g/mol. The second-order valence-electron chi connectivity index (χ2n) is 5.73. The molecule has 0 saturated heterocycles. The average molecular weight is 352 g/mol. The maximum absolute atomic E-state index is 12.4. The number of aromatic nitrogens is 3. The third kappa shape index (κ3) is 4.93. The van der Waals surface area contributed by atoms with E-state index >= 15 is 0 Å². The molecule has 1 N–H and O–H groups in total. The highest BCUT2D eigenvalue weighted by Crippen LogP contribution is 2.19. The zero-order chi connectivity index (χ0) is 17.5. The fraction of sp³-hybridized carbons (Fsp3) is 0.211. The Morgan fingerprint density at radius 3 is 2.44 bits per heavy atom. The third-order valence-electron chi connectivity index (χ3n) is 3.82. The number of hydrogen-bond acceptors (Lipinski definition) is 4. The number of carbonyl (C=O) groups is 1. The third-order valence-corrected chi connectivity index (χ3v) is 4.86. The molecule has 1 atom stereocenters. The maximum Gasteiger partial charge on any atom is 0.230 e. The summed E-state index contributed by atoms with van der Waals surface area (Å²) in [7, 11) is 1.86. The first-order chi connectivity index (χ1) is 12.2. The molecular formula is C19H20N4OS. The van der Waals surface area contributed by atoms with Crippen LogP contribution in [0.15, 0.2) is 72.1 Å².